The number of carboxylic acids is 1. The highest BCUT2D eigenvalue weighted by Crippen LogP contribution is 2.28. The van der Waals surface area contributed by atoms with Crippen molar-refractivity contribution in [3.05, 3.63) is 35.2 Å². The highest BCUT2D eigenvalue weighted by Gasteiger charge is 2.16. The van der Waals surface area contributed by atoms with E-state index in [1.165, 1.54) is 17.4 Å². The summed E-state index contributed by atoms with van der Waals surface area (Å²) in [5, 5.41) is 8.74. The van der Waals surface area contributed by atoms with Gasteiger partial charge in [-0.15, -0.1) is 11.3 Å². The lowest BCUT2D eigenvalue weighted by molar-refractivity contribution is 0.0693. The van der Waals surface area contributed by atoms with E-state index in [1.807, 2.05) is 0 Å². The van der Waals surface area contributed by atoms with E-state index >= 15 is 0 Å². The quantitative estimate of drug-likeness (QED) is 0.786. The van der Waals surface area contributed by atoms with Crippen LogP contribution in [0, 0.1) is 5.82 Å². The molecule has 0 fully saturated rings. The Morgan fingerprint density at radius 2 is 2.25 bits per heavy atom. The maximum absolute atomic E-state index is 13.5. The molecule has 0 spiro atoms. The van der Waals surface area contributed by atoms with Gasteiger partial charge in [-0.1, -0.05) is 0 Å². The molecule has 6 heteroatoms. The number of aromatic nitrogens is 1. The van der Waals surface area contributed by atoms with Gasteiger partial charge in [0.05, 0.1) is 10.4 Å². The number of rotatable bonds is 2. The summed E-state index contributed by atoms with van der Waals surface area (Å²) in [6, 6.07) is 2.58. The van der Waals surface area contributed by atoms with Crippen molar-refractivity contribution in [2.24, 2.45) is 0 Å². The van der Waals surface area contributed by atoms with E-state index in [2.05, 4.69) is 4.98 Å². The summed E-state index contributed by atoms with van der Waals surface area (Å²) in [7, 11) is 0. The molecule has 2 rings (SSSR count). The molecule has 0 amide bonds. The van der Waals surface area contributed by atoms with Gasteiger partial charge < -0.3 is 10.8 Å². The third-order valence-electron chi connectivity index (χ3n) is 2.05. The van der Waals surface area contributed by atoms with Crippen molar-refractivity contribution >= 4 is 23.0 Å². The number of nitrogen functional groups attached to an aromatic ring is 1. The van der Waals surface area contributed by atoms with E-state index in [0.717, 1.165) is 10.9 Å². The van der Waals surface area contributed by atoms with E-state index in [0.29, 0.717) is 5.56 Å². The van der Waals surface area contributed by atoms with Crippen LogP contribution in [0.25, 0.3) is 10.4 Å². The molecule has 0 bridgehead atoms. The van der Waals surface area contributed by atoms with Crippen LogP contribution >= 0.6 is 11.3 Å². The second-order valence-electron chi connectivity index (χ2n) is 3.09. The molecule has 4 nitrogen and oxygen atoms in total. The molecule has 0 unspecified atom stereocenters. The van der Waals surface area contributed by atoms with Crippen LogP contribution in [-0.4, -0.2) is 16.1 Å². The maximum Gasteiger partial charge on any atom is 0.340 e. The Hall–Kier alpha value is -1.95. The minimum Gasteiger partial charge on any atom is -0.478 e. The Kier molecular flexibility index (Phi) is 2.57. The zero-order valence-corrected chi connectivity index (χ0v) is 8.79. The van der Waals surface area contributed by atoms with Crippen LogP contribution in [0.4, 0.5) is 10.1 Å². The summed E-state index contributed by atoms with van der Waals surface area (Å²) in [5.74, 6) is -2.21. The van der Waals surface area contributed by atoms with Crippen LogP contribution in [0.1, 0.15) is 10.4 Å². The molecule has 0 aliphatic carbocycles. The standard InChI is InChI=1S/C10H7FN2O2S/c11-6-1-5(8-3-13-4-16-8)2-7(12)9(6)10(14)15/h1-4H,12H2,(H,14,15). The predicted molar refractivity (Wildman–Crippen MR) is 58.9 cm³/mol. The number of hydrogen-bond donors (Lipinski definition) is 2. The Morgan fingerprint density at radius 1 is 1.50 bits per heavy atom. The van der Waals surface area contributed by atoms with Crippen molar-refractivity contribution in [2.75, 3.05) is 5.73 Å². The summed E-state index contributed by atoms with van der Waals surface area (Å²) in [6.45, 7) is 0. The first-order chi connectivity index (χ1) is 7.59. The van der Waals surface area contributed by atoms with Gasteiger partial charge in [-0.05, 0) is 17.7 Å². The zero-order chi connectivity index (χ0) is 11.7. The molecule has 0 saturated heterocycles. The number of anilines is 1. The Morgan fingerprint density at radius 3 is 2.75 bits per heavy atom. The Balaban J connectivity index is 2.58. The van der Waals surface area contributed by atoms with Gasteiger partial charge in [0.15, 0.2) is 0 Å². The summed E-state index contributed by atoms with van der Waals surface area (Å²) in [4.78, 5) is 15.3. The third-order valence-corrected chi connectivity index (χ3v) is 2.87. The van der Waals surface area contributed by atoms with Crippen molar-refractivity contribution < 1.29 is 14.3 Å². The van der Waals surface area contributed by atoms with Gasteiger partial charge in [0, 0.05) is 11.9 Å². The van der Waals surface area contributed by atoms with Crippen molar-refractivity contribution in [2.45, 2.75) is 0 Å². The molecule has 0 radical (unpaired) electrons. The van der Waals surface area contributed by atoms with Crippen LogP contribution < -0.4 is 5.73 Å². The number of halogens is 1. The average Bonchev–Trinajstić information content (AvgIpc) is 2.67. The van der Waals surface area contributed by atoms with E-state index in [1.54, 1.807) is 11.7 Å². The molecule has 0 saturated carbocycles. The number of carbonyl (C=O) groups is 1. The summed E-state index contributed by atoms with van der Waals surface area (Å²) in [6.07, 6.45) is 1.57. The zero-order valence-electron chi connectivity index (χ0n) is 7.98. The predicted octanol–water partition coefficient (Wildman–Crippen LogP) is 2.23. The average molecular weight is 238 g/mol. The van der Waals surface area contributed by atoms with Crippen LogP contribution in [0.2, 0.25) is 0 Å². The molecule has 0 atom stereocenters. The van der Waals surface area contributed by atoms with Crippen LogP contribution in [0.15, 0.2) is 23.8 Å². The summed E-state index contributed by atoms with van der Waals surface area (Å²) >= 11 is 1.33. The number of carboxylic acid groups (broad SMARTS) is 1. The highest BCUT2D eigenvalue weighted by atomic mass is 32.1. The van der Waals surface area contributed by atoms with Gasteiger partial charge >= 0.3 is 5.97 Å². The molecular weight excluding hydrogens is 231 g/mol. The smallest absolute Gasteiger partial charge is 0.340 e. The molecule has 2 aromatic rings. The molecule has 82 valence electrons. The minimum absolute atomic E-state index is 0.0871. The van der Waals surface area contributed by atoms with Gasteiger partial charge in [0.1, 0.15) is 11.4 Å². The number of hydrogen-bond acceptors (Lipinski definition) is 4. The fourth-order valence-corrected chi connectivity index (χ4v) is 1.97. The number of aromatic carboxylic acids is 1. The van der Waals surface area contributed by atoms with Crippen LogP contribution in [-0.2, 0) is 0 Å². The number of nitrogens with two attached hydrogens (primary N) is 1. The first-order valence-corrected chi connectivity index (χ1v) is 5.18. The number of benzene rings is 1. The fraction of sp³-hybridized carbons (Fsp3) is 0. The van der Waals surface area contributed by atoms with Gasteiger partial charge in [-0.2, -0.15) is 0 Å². The molecule has 0 aliphatic heterocycles. The van der Waals surface area contributed by atoms with Gasteiger partial charge in [0.25, 0.3) is 0 Å². The second-order valence-corrected chi connectivity index (χ2v) is 3.98. The van der Waals surface area contributed by atoms with Gasteiger partial charge in [0.2, 0.25) is 0 Å². The first-order valence-electron chi connectivity index (χ1n) is 4.30. The van der Waals surface area contributed by atoms with E-state index in [4.69, 9.17) is 10.8 Å². The molecule has 1 heterocycles. The lowest BCUT2D eigenvalue weighted by Crippen LogP contribution is -2.05. The largest absolute Gasteiger partial charge is 0.478 e. The molecule has 1 aromatic carbocycles. The number of thiazole rings is 1. The van der Waals surface area contributed by atoms with Gasteiger partial charge in [-0.3, -0.25) is 4.98 Å². The molecule has 3 N–H and O–H groups in total. The summed E-state index contributed by atoms with van der Waals surface area (Å²) < 4.78 is 13.5. The lowest BCUT2D eigenvalue weighted by Gasteiger charge is -2.05. The fourth-order valence-electron chi connectivity index (χ4n) is 1.35. The second kappa shape index (κ2) is 3.90. The SMILES string of the molecule is Nc1cc(-c2cncs2)cc(F)c1C(=O)O. The topological polar surface area (TPSA) is 76.2 Å². The maximum atomic E-state index is 13.5. The van der Waals surface area contributed by atoms with Crippen molar-refractivity contribution in [3.8, 4) is 10.4 Å². The third kappa shape index (κ3) is 1.74. The van der Waals surface area contributed by atoms with Gasteiger partial charge in [-0.25, -0.2) is 9.18 Å². The molecule has 16 heavy (non-hydrogen) atoms. The number of nitrogens with zero attached hydrogens (tertiary/aromatic N) is 1. The molecular formula is C10H7FN2O2S. The van der Waals surface area contributed by atoms with E-state index in [9.17, 15) is 9.18 Å². The Bertz CT molecular complexity index is 517. The summed E-state index contributed by atoms with van der Waals surface area (Å²) in [5.41, 5.74) is 7.05. The van der Waals surface area contributed by atoms with E-state index in [-0.39, 0.29) is 5.69 Å². The molecule has 1 aromatic heterocycles. The Labute approximate surface area is 94.2 Å². The van der Waals surface area contributed by atoms with E-state index < -0.39 is 17.3 Å². The first kappa shape index (κ1) is 10.6. The normalized spacial score (nSPS) is 10.3. The minimum atomic E-state index is -1.37. The van der Waals surface area contributed by atoms with Crippen molar-refractivity contribution in [3.63, 3.8) is 0 Å². The highest BCUT2D eigenvalue weighted by molar-refractivity contribution is 7.13. The lowest BCUT2D eigenvalue weighted by atomic mass is 10.1. The monoisotopic (exact) mass is 238 g/mol. The van der Waals surface area contributed by atoms with Crippen LogP contribution in [0.5, 0.6) is 0 Å². The van der Waals surface area contributed by atoms with Crippen molar-refractivity contribution in [1.29, 1.82) is 0 Å². The van der Waals surface area contributed by atoms with Crippen molar-refractivity contribution in [1.82, 2.24) is 4.98 Å². The van der Waals surface area contributed by atoms with Crippen LogP contribution in [0.3, 0.4) is 0 Å². The molecule has 0 aliphatic rings.